The van der Waals surface area contributed by atoms with Gasteiger partial charge >= 0.3 is 0 Å². The number of nitrogens with zero attached hydrogens (tertiary/aromatic N) is 1. The maximum Gasteiger partial charge on any atom is 0.265 e. The molecule has 0 atom stereocenters. The van der Waals surface area contributed by atoms with Gasteiger partial charge in [0.2, 0.25) is 0 Å². The van der Waals surface area contributed by atoms with Crippen LogP contribution in [0.3, 0.4) is 0 Å². The third-order valence-electron chi connectivity index (χ3n) is 5.17. The van der Waals surface area contributed by atoms with Crippen molar-refractivity contribution in [3.63, 3.8) is 0 Å². The zero-order valence-corrected chi connectivity index (χ0v) is 18.6. The number of aryl methyl sites for hydroxylation is 2. The maximum absolute atomic E-state index is 12.6. The minimum Gasteiger partial charge on any atom is -0.483 e. The molecule has 0 radical (unpaired) electrons. The second-order valence-electron chi connectivity index (χ2n) is 7.64. The molecule has 6 nitrogen and oxygen atoms in total. The number of rotatable bonds is 6. The fraction of sp³-hybridized carbons (Fsp3) is 0.200. The van der Waals surface area contributed by atoms with Crippen LogP contribution in [-0.2, 0) is 16.1 Å². The number of halogens is 1. The molecule has 1 N–H and O–H groups in total. The molecule has 1 aliphatic heterocycles. The van der Waals surface area contributed by atoms with E-state index in [1.807, 2.05) is 50.2 Å². The first-order valence-corrected chi connectivity index (χ1v) is 10.6. The van der Waals surface area contributed by atoms with E-state index < -0.39 is 0 Å². The Kier molecular flexibility index (Phi) is 6.32. The molecule has 7 heteroatoms. The molecule has 0 bridgehead atoms. The van der Waals surface area contributed by atoms with Gasteiger partial charge in [-0.25, -0.2) is 0 Å². The number of ether oxygens (including phenoxy) is 2. The molecule has 164 valence electrons. The minimum absolute atomic E-state index is 0.0388. The van der Waals surface area contributed by atoms with Crippen LogP contribution in [0, 0.1) is 13.8 Å². The molecule has 1 aliphatic rings. The van der Waals surface area contributed by atoms with Gasteiger partial charge in [-0.15, -0.1) is 0 Å². The molecule has 0 fully saturated rings. The van der Waals surface area contributed by atoms with Gasteiger partial charge in [0, 0.05) is 10.7 Å². The van der Waals surface area contributed by atoms with E-state index in [0.717, 1.165) is 16.7 Å². The summed E-state index contributed by atoms with van der Waals surface area (Å²) in [7, 11) is 0. The third-order valence-corrected chi connectivity index (χ3v) is 5.41. The van der Waals surface area contributed by atoms with E-state index in [4.69, 9.17) is 21.1 Å². The molecule has 1 heterocycles. The summed E-state index contributed by atoms with van der Waals surface area (Å²) in [6, 6.07) is 18.4. The Morgan fingerprint density at radius 3 is 2.59 bits per heavy atom. The molecule has 0 aromatic heterocycles. The number of benzene rings is 3. The highest BCUT2D eigenvalue weighted by molar-refractivity contribution is 6.30. The summed E-state index contributed by atoms with van der Waals surface area (Å²) in [5, 5.41) is 3.44. The van der Waals surface area contributed by atoms with Crippen molar-refractivity contribution in [3.05, 3.63) is 82.4 Å². The van der Waals surface area contributed by atoms with E-state index in [9.17, 15) is 9.59 Å². The first kappa shape index (κ1) is 21.7. The monoisotopic (exact) mass is 450 g/mol. The number of anilines is 2. The molecule has 3 aromatic rings. The molecule has 2 amide bonds. The number of carbonyl (C=O) groups excluding carboxylic acids is 2. The summed E-state index contributed by atoms with van der Waals surface area (Å²) < 4.78 is 11.3. The number of nitrogens with one attached hydrogen (secondary N) is 1. The van der Waals surface area contributed by atoms with Crippen molar-refractivity contribution in [2.24, 2.45) is 0 Å². The zero-order valence-electron chi connectivity index (χ0n) is 17.9. The average molecular weight is 451 g/mol. The van der Waals surface area contributed by atoms with Crippen molar-refractivity contribution in [3.8, 4) is 11.5 Å². The van der Waals surface area contributed by atoms with Crippen LogP contribution in [0.1, 0.15) is 16.7 Å². The molecule has 0 saturated carbocycles. The Morgan fingerprint density at radius 2 is 1.84 bits per heavy atom. The molecule has 0 saturated heterocycles. The van der Waals surface area contributed by atoms with Gasteiger partial charge < -0.3 is 19.7 Å². The molecular weight excluding hydrogens is 428 g/mol. The lowest BCUT2D eigenvalue weighted by molar-refractivity contribution is -0.121. The van der Waals surface area contributed by atoms with Crippen LogP contribution in [-0.4, -0.2) is 25.0 Å². The average Bonchev–Trinajstić information content (AvgIpc) is 2.75. The Labute approximate surface area is 191 Å². The van der Waals surface area contributed by atoms with Crippen molar-refractivity contribution in [2.45, 2.75) is 20.4 Å². The van der Waals surface area contributed by atoms with Crippen LogP contribution in [0.5, 0.6) is 11.5 Å². The summed E-state index contributed by atoms with van der Waals surface area (Å²) in [5.41, 5.74) is 3.98. The molecule has 0 unspecified atom stereocenters. The normalized spacial score (nSPS) is 12.7. The Bertz CT molecular complexity index is 1160. The minimum atomic E-state index is -0.294. The number of fused-ring (bicyclic) bond motifs is 1. The lowest BCUT2D eigenvalue weighted by Gasteiger charge is -2.30. The number of hydrogen-bond acceptors (Lipinski definition) is 4. The van der Waals surface area contributed by atoms with E-state index in [1.165, 1.54) is 0 Å². The summed E-state index contributed by atoms with van der Waals surface area (Å²) in [4.78, 5) is 26.7. The second-order valence-corrected chi connectivity index (χ2v) is 8.08. The lowest BCUT2D eigenvalue weighted by Crippen LogP contribution is -2.38. The number of para-hydroxylation sites is 1. The molecule has 3 aromatic carbocycles. The van der Waals surface area contributed by atoms with E-state index in [2.05, 4.69) is 5.32 Å². The topological polar surface area (TPSA) is 67.9 Å². The quantitative estimate of drug-likeness (QED) is 0.580. The van der Waals surface area contributed by atoms with Crippen molar-refractivity contribution >= 4 is 34.8 Å². The molecule has 0 spiro atoms. The van der Waals surface area contributed by atoms with Gasteiger partial charge in [-0.1, -0.05) is 41.9 Å². The predicted molar refractivity (Wildman–Crippen MR) is 125 cm³/mol. The zero-order chi connectivity index (χ0) is 22.7. The smallest absolute Gasteiger partial charge is 0.265 e. The van der Waals surface area contributed by atoms with Crippen LogP contribution < -0.4 is 19.7 Å². The first-order valence-electron chi connectivity index (χ1n) is 10.2. The summed E-state index contributed by atoms with van der Waals surface area (Å²) in [5.74, 6) is 0.826. The second kappa shape index (κ2) is 9.32. The Hall–Kier alpha value is -3.51. The van der Waals surface area contributed by atoms with Crippen LogP contribution in [0.25, 0.3) is 0 Å². The summed E-state index contributed by atoms with van der Waals surface area (Å²) in [6.07, 6.45) is 0. The fourth-order valence-corrected chi connectivity index (χ4v) is 3.85. The number of hydrogen-bond donors (Lipinski definition) is 1. The van der Waals surface area contributed by atoms with Gasteiger partial charge in [0.1, 0.15) is 11.5 Å². The van der Waals surface area contributed by atoms with E-state index >= 15 is 0 Å². The SMILES string of the molecule is Cc1cccc(C)c1OCC(=O)Nc1ccc2c(c1)N(Cc1cccc(Cl)c1)C(=O)CO2. The van der Waals surface area contributed by atoms with E-state index in [1.54, 1.807) is 29.2 Å². The van der Waals surface area contributed by atoms with Crippen molar-refractivity contribution in [1.82, 2.24) is 0 Å². The van der Waals surface area contributed by atoms with Crippen molar-refractivity contribution < 1.29 is 19.1 Å². The molecular formula is C25H23ClN2O4. The Morgan fingerprint density at radius 1 is 1.09 bits per heavy atom. The van der Waals surface area contributed by atoms with Gasteiger partial charge in [-0.3, -0.25) is 9.59 Å². The standard InChI is InChI=1S/C25H23ClN2O4/c1-16-5-3-6-17(2)25(16)32-14-23(29)27-20-9-10-22-21(12-20)28(24(30)15-31-22)13-18-7-4-8-19(26)11-18/h3-12H,13-15H2,1-2H3,(H,27,29). The molecule has 4 rings (SSSR count). The van der Waals surface area contributed by atoms with Crippen LogP contribution in [0.15, 0.2) is 60.7 Å². The third kappa shape index (κ3) is 4.86. The highest BCUT2D eigenvalue weighted by atomic mass is 35.5. The van der Waals surface area contributed by atoms with Gasteiger partial charge in [0.05, 0.1) is 12.2 Å². The largest absolute Gasteiger partial charge is 0.483 e. The van der Waals surface area contributed by atoms with E-state index in [0.29, 0.717) is 34.4 Å². The number of carbonyl (C=O) groups is 2. The molecule has 0 aliphatic carbocycles. The highest BCUT2D eigenvalue weighted by Crippen LogP contribution is 2.35. The van der Waals surface area contributed by atoms with Gasteiger partial charge in [0.25, 0.3) is 11.8 Å². The van der Waals surface area contributed by atoms with Crippen LogP contribution >= 0.6 is 11.6 Å². The highest BCUT2D eigenvalue weighted by Gasteiger charge is 2.26. The van der Waals surface area contributed by atoms with Gasteiger partial charge in [-0.05, 0) is 60.9 Å². The predicted octanol–water partition coefficient (Wildman–Crippen LogP) is 4.90. The van der Waals surface area contributed by atoms with Gasteiger partial charge in [0.15, 0.2) is 13.2 Å². The Balaban J connectivity index is 1.49. The van der Waals surface area contributed by atoms with Crippen molar-refractivity contribution in [1.29, 1.82) is 0 Å². The fourth-order valence-electron chi connectivity index (χ4n) is 3.63. The van der Waals surface area contributed by atoms with Crippen LogP contribution in [0.2, 0.25) is 5.02 Å². The lowest BCUT2D eigenvalue weighted by atomic mass is 10.1. The first-order chi connectivity index (χ1) is 15.4. The maximum atomic E-state index is 12.6. The summed E-state index contributed by atoms with van der Waals surface area (Å²) in [6.45, 7) is 4.07. The molecule has 32 heavy (non-hydrogen) atoms. The van der Waals surface area contributed by atoms with Crippen LogP contribution in [0.4, 0.5) is 11.4 Å². The van der Waals surface area contributed by atoms with Crippen molar-refractivity contribution in [2.75, 3.05) is 23.4 Å². The number of amides is 2. The van der Waals surface area contributed by atoms with Gasteiger partial charge in [-0.2, -0.15) is 0 Å². The van der Waals surface area contributed by atoms with E-state index in [-0.39, 0.29) is 25.0 Å². The summed E-state index contributed by atoms with van der Waals surface area (Å²) >= 11 is 6.09.